The molecule has 180 valence electrons. The van der Waals surface area contributed by atoms with Gasteiger partial charge in [-0.3, -0.25) is 4.79 Å². The summed E-state index contributed by atoms with van der Waals surface area (Å²) in [5.41, 5.74) is 0.321. The van der Waals surface area contributed by atoms with Crippen LogP contribution in [0.2, 0.25) is 0 Å². The van der Waals surface area contributed by atoms with Gasteiger partial charge in [-0.05, 0) is 70.3 Å². The van der Waals surface area contributed by atoms with Gasteiger partial charge in [0.2, 0.25) is 10.0 Å². The van der Waals surface area contributed by atoms with Crippen LogP contribution in [0.3, 0.4) is 0 Å². The third-order valence-electron chi connectivity index (χ3n) is 7.18. The highest BCUT2D eigenvalue weighted by Gasteiger charge is 2.33. The standard InChI is InChI=1S/C23H38N4O4S/c1-2-3-12-24-19-8-4-17(5-9-19)16-32(29,30)27-13-10-20(11-14-27)25-23(28)21-15-22(31-26-21)18-6-7-18/h15,17-20,24H,2-14,16H2,1H3,(H,25,28). The molecule has 0 bridgehead atoms. The molecule has 1 aliphatic heterocycles. The van der Waals surface area contributed by atoms with Crippen LogP contribution in [0.15, 0.2) is 10.6 Å². The molecule has 0 aromatic carbocycles. The highest BCUT2D eigenvalue weighted by atomic mass is 32.2. The first-order chi connectivity index (χ1) is 15.4. The van der Waals surface area contributed by atoms with E-state index in [2.05, 4.69) is 22.7 Å². The van der Waals surface area contributed by atoms with Crippen molar-refractivity contribution in [2.75, 3.05) is 25.4 Å². The molecule has 2 heterocycles. The first kappa shape index (κ1) is 23.7. The first-order valence-electron chi connectivity index (χ1n) is 12.4. The van der Waals surface area contributed by atoms with E-state index in [0.29, 0.717) is 43.6 Å². The minimum Gasteiger partial charge on any atom is -0.360 e. The molecule has 0 spiro atoms. The number of amides is 1. The SMILES string of the molecule is CCCCNC1CCC(CS(=O)(=O)N2CCC(NC(=O)c3cc(C4CC4)on3)CC2)CC1. The van der Waals surface area contributed by atoms with Gasteiger partial charge in [0, 0.05) is 37.2 Å². The van der Waals surface area contributed by atoms with E-state index in [0.717, 1.165) is 50.8 Å². The van der Waals surface area contributed by atoms with E-state index >= 15 is 0 Å². The fourth-order valence-electron chi connectivity index (χ4n) is 4.91. The van der Waals surface area contributed by atoms with Crippen molar-refractivity contribution in [1.29, 1.82) is 0 Å². The van der Waals surface area contributed by atoms with Crippen LogP contribution >= 0.6 is 0 Å². The minimum absolute atomic E-state index is 0.0281. The number of unbranched alkanes of at least 4 members (excludes halogenated alkanes) is 1. The molecular weight excluding hydrogens is 428 g/mol. The molecule has 1 aromatic heterocycles. The van der Waals surface area contributed by atoms with Crippen LogP contribution in [-0.4, -0.2) is 61.3 Å². The molecule has 2 N–H and O–H groups in total. The Morgan fingerprint density at radius 3 is 2.47 bits per heavy atom. The number of hydrogen-bond donors (Lipinski definition) is 2. The zero-order chi connectivity index (χ0) is 22.6. The highest BCUT2D eigenvalue weighted by Crippen LogP contribution is 2.40. The average molecular weight is 467 g/mol. The smallest absolute Gasteiger partial charge is 0.273 e. The fraction of sp³-hybridized carbons (Fsp3) is 0.826. The Morgan fingerprint density at radius 1 is 1.09 bits per heavy atom. The summed E-state index contributed by atoms with van der Waals surface area (Å²) >= 11 is 0. The molecule has 3 aliphatic rings. The predicted molar refractivity (Wildman–Crippen MR) is 123 cm³/mol. The summed E-state index contributed by atoms with van der Waals surface area (Å²) in [7, 11) is -3.25. The van der Waals surface area contributed by atoms with Gasteiger partial charge in [-0.1, -0.05) is 18.5 Å². The quantitative estimate of drug-likeness (QED) is 0.514. The molecule has 2 saturated carbocycles. The third-order valence-corrected chi connectivity index (χ3v) is 9.22. The molecule has 3 fully saturated rings. The molecule has 1 amide bonds. The summed E-state index contributed by atoms with van der Waals surface area (Å²) in [6, 6.07) is 2.25. The molecule has 8 nitrogen and oxygen atoms in total. The number of aromatic nitrogens is 1. The molecule has 0 radical (unpaired) electrons. The Morgan fingerprint density at radius 2 is 1.81 bits per heavy atom. The number of nitrogens with one attached hydrogen (secondary N) is 2. The van der Waals surface area contributed by atoms with Crippen molar-refractivity contribution in [2.45, 2.75) is 89.1 Å². The van der Waals surface area contributed by atoms with Crippen molar-refractivity contribution >= 4 is 15.9 Å². The van der Waals surface area contributed by atoms with Crippen LogP contribution < -0.4 is 10.6 Å². The number of hydrogen-bond acceptors (Lipinski definition) is 6. The van der Waals surface area contributed by atoms with E-state index in [1.54, 1.807) is 10.4 Å². The van der Waals surface area contributed by atoms with Crippen molar-refractivity contribution in [3.63, 3.8) is 0 Å². The zero-order valence-corrected chi connectivity index (χ0v) is 20.0. The summed E-state index contributed by atoms with van der Waals surface area (Å²) < 4.78 is 32.8. The van der Waals surface area contributed by atoms with E-state index in [-0.39, 0.29) is 23.6 Å². The molecule has 0 unspecified atom stereocenters. The average Bonchev–Trinajstić information content (AvgIpc) is 3.51. The largest absolute Gasteiger partial charge is 0.360 e. The molecule has 0 atom stereocenters. The number of piperidine rings is 1. The maximum absolute atomic E-state index is 13.0. The van der Waals surface area contributed by atoms with Crippen LogP contribution in [-0.2, 0) is 10.0 Å². The number of sulfonamides is 1. The van der Waals surface area contributed by atoms with Crippen molar-refractivity contribution in [1.82, 2.24) is 20.1 Å². The molecule has 4 rings (SSSR count). The van der Waals surface area contributed by atoms with Gasteiger partial charge < -0.3 is 15.2 Å². The van der Waals surface area contributed by atoms with Crippen LogP contribution in [0.4, 0.5) is 0 Å². The Labute approximate surface area is 191 Å². The predicted octanol–water partition coefficient (Wildman–Crippen LogP) is 3.02. The summed E-state index contributed by atoms with van der Waals surface area (Å²) in [6.07, 6.45) is 9.96. The Kier molecular flexibility index (Phi) is 7.89. The lowest BCUT2D eigenvalue weighted by Crippen LogP contribution is -2.48. The highest BCUT2D eigenvalue weighted by molar-refractivity contribution is 7.89. The Hall–Kier alpha value is -1.45. The van der Waals surface area contributed by atoms with Gasteiger partial charge in [0.25, 0.3) is 5.91 Å². The van der Waals surface area contributed by atoms with E-state index in [4.69, 9.17) is 4.52 Å². The molecular formula is C23H38N4O4S. The van der Waals surface area contributed by atoms with Gasteiger partial charge >= 0.3 is 0 Å². The van der Waals surface area contributed by atoms with Crippen LogP contribution in [0, 0.1) is 5.92 Å². The second kappa shape index (κ2) is 10.7. The van der Waals surface area contributed by atoms with Gasteiger partial charge in [0.05, 0.1) is 5.75 Å². The summed E-state index contributed by atoms with van der Waals surface area (Å²) in [4.78, 5) is 12.4. The van der Waals surface area contributed by atoms with Gasteiger partial charge in [-0.25, -0.2) is 12.7 Å². The minimum atomic E-state index is -3.25. The van der Waals surface area contributed by atoms with Crippen molar-refractivity contribution in [2.24, 2.45) is 5.92 Å². The van der Waals surface area contributed by atoms with Crippen molar-refractivity contribution < 1.29 is 17.7 Å². The van der Waals surface area contributed by atoms with Gasteiger partial charge in [0.15, 0.2) is 5.69 Å². The van der Waals surface area contributed by atoms with E-state index in [1.165, 1.54) is 12.8 Å². The summed E-state index contributed by atoms with van der Waals surface area (Å²) in [5, 5.41) is 10.5. The van der Waals surface area contributed by atoms with Crippen LogP contribution in [0.25, 0.3) is 0 Å². The number of carbonyl (C=O) groups excluding carboxylic acids is 1. The van der Waals surface area contributed by atoms with E-state index < -0.39 is 10.0 Å². The molecule has 9 heteroatoms. The van der Waals surface area contributed by atoms with Gasteiger partial charge in [-0.2, -0.15) is 0 Å². The second-order valence-corrected chi connectivity index (χ2v) is 11.9. The van der Waals surface area contributed by atoms with Crippen molar-refractivity contribution in [3.05, 3.63) is 17.5 Å². The lowest BCUT2D eigenvalue weighted by molar-refractivity contribution is 0.0914. The fourth-order valence-corrected chi connectivity index (χ4v) is 6.82. The lowest BCUT2D eigenvalue weighted by atomic mass is 9.87. The number of rotatable bonds is 10. The van der Waals surface area contributed by atoms with Crippen LogP contribution in [0.5, 0.6) is 0 Å². The third kappa shape index (κ3) is 6.32. The van der Waals surface area contributed by atoms with Gasteiger partial charge in [0.1, 0.15) is 5.76 Å². The Bertz CT molecular complexity index is 851. The van der Waals surface area contributed by atoms with Crippen LogP contribution in [0.1, 0.15) is 93.3 Å². The normalized spacial score (nSPS) is 25.7. The number of carbonyl (C=O) groups is 1. The van der Waals surface area contributed by atoms with Gasteiger partial charge in [-0.15, -0.1) is 0 Å². The zero-order valence-electron chi connectivity index (χ0n) is 19.2. The monoisotopic (exact) mass is 466 g/mol. The van der Waals surface area contributed by atoms with E-state index in [9.17, 15) is 13.2 Å². The maximum atomic E-state index is 13.0. The second-order valence-electron chi connectivity index (χ2n) is 9.84. The topological polar surface area (TPSA) is 105 Å². The maximum Gasteiger partial charge on any atom is 0.273 e. The molecule has 32 heavy (non-hydrogen) atoms. The molecule has 1 aromatic rings. The number of nitrogens with zero attached hydrogens (tertiary/aromatic N) is 2. The van der Waals surface area contributed by atoms with Crippen molar-refractivity contribution in [3.8, 4) is 0 Å². The Balaban J connectivity index is 1.18. The first-order valence-corrected chi connectivity index (χ1v) is 14.0. The van der Waals surface area contributed by atoms with E-state index in [1.807, 2.05) is 0 Å². The summed E-state index contributed by atoms with van der Waals surface area (Å²) in [5.74, 6) is 1.50. The molecule has 1 saturated heterocycles. The molecule has 2 aliphatic carbocycles. The summed E-state index contributed by atoms with van der Waals surface area (Å²) in [6.45, 7) is 4.19. The lowest BCUT2D eigenvalue weighted by Gasteiger charge is -2.34.